The van der Waals surface area contributed by atoms with Crippen molar-refractivity contribution in [3.63, 3.8) is 0 Å². The zero-order valence-corrected chi connectivity index (χ0v) is 15.0. The molecule has 5 nitrogen and oxygen atoms in total. The third-order valence-corrected chi connectivity index (χ3v) is 5.00. The second kappa shape index (κ2) is 8.38. The summed E-state index contributed by atoms with van der Waals surface area (Å²) in [4.78, 5) is 4.39. The van der Waals surface area contributed by atoms with Gasteiger partial charge in [0.05, 0.1) is 10.6 Å². The molecule has 1 aromatic carbocycles. The predicted molar refractivity (Wildman–Crippen MR) is 90.4 cm³/mol. The number of hydrogen-bond donors (Lipinski definition) is 2. The van der Waals surface area contributed by atoms with Crippen molar-refractivity contribution in [2.24, 2.45) is 10.9 Å². The minimum Gasteiger partial charge on any atom is -0.356 e. The van der Waals surface area contributed by atoms with E-state index in [0.717, 1.165) is 11.0 Å². The van der Waals surface area contributed by atoms with Crippen LogP contribution in [-0.4, -0.2) is 40.3 Å². The van der Waals surface area contributed by atoms with Crippen LogP contribution in [0.15, 0.2) is 38.6 Å². The van der Waals surface area contributed by atoms with Crippen molar-refractivity contribution in [3.05, 3.63) is 28.7 Å². The fraction of sp³-hybridized carbons (Fsp3) is 0.500. The lowest BCUT2D eigenvalue weighted by atomic mass is 10.2. The highest BCUT2D eigenvalue weighted by molar-refractivity contribution is 9.10. The quantitative estimate of drug-likeness (QED) is 0.589. The third-order valence-electron chi connectivity index (χ3n) is 2.74. The lowest BCUT2D eigenvalue weighted by Gasteiger charge is -2.13. The van der Waals surface area contributed by atoms with E-state index in [2.05, 4.69) is 45.4 Å². The van der Waals surface area contributed by atoms with Gasteiger partial charge in [-0.05, 0) is 30.2 Å². The highest BCUT2D eigenvalue weighted by atomic mass is 79.9. The number of nitrogens with one attached hydrogen (secondary N) is 2. The number of aliphatic imine (C=N–C) groups is 1. The van der Waals surface area contributed by atoms with Gasteiger partial charge in [-0.3, -0.25) is 4.99 Å². The average Bonchev–Trinajstić information content (AvgIpc) is 2.42. The highest BCUT2D eigenvalue weighted by Gasteiger charge is 2.14. The number of benzene rings is 1. The molecule has 118 valence electrons. The zero-order chi connectivity index (χ0) is 15.9. The Hall–Kier alpha value is -1.08. The van der Waals surface area contributed by atoms with E-state index >= 15 is 0 Å². The molecule has 0 aromatic heterocycles. The molecule has 0 radical (unpaired) electrons. The van der Waals surface area contributed by atoms with Gasteiger partial charge in [-0.1, -0.05) is 29.8 Å². The van der Waals surface area contributed by atoms with Gasteiger partial charge in [0.1, 0.15) is 0 Å². The van der Waals surface area contributed by atoms with Gasteiger partial charge in [0.15, 0.2) is 15.8 Å². The van der Waals surface area contributed by atoms with Gasteiger partial charge in [0, 0.05) is 24.6 Å². The molecule has 1 aromatic rings. The molecule has 0 aliphatic rings. The van der Waals surface area contributed by atoms with Crippen molar-refractivity contribution in [3.8, 4) is 0 Å². The Morgan fingerprint density at radius 2 is 1.86 bits per heavy atom. The highest BCUT2D eigenvalue weighted by Crippen LogP contribution is 2.15. The molecule has 0 bridgehead atoms. The maximum Gasteiger partial charge on any atom is 0.191 e. The minimum atomic E-state index is -3.28. The molecule has 0 saturated carbocycles. The van der Waals surface area contributed by atoms with Crippen LogP contribution in [-0.2, 0) is 9.84 Å². The van der Waals surface area contributed by atoms with E-state index in [4.69, 9.17) is 0 Å². The molecule has 0 heterocycles. The molecular weight excluding hydrogens is 354 g/mol. The summed E-state index contributed by atoms with van der Waals surface area (Å²) in [5, 5.41) is 6.15. The predicted octanol–water partition coefficient (Wildman–Crippen LogP) is 2.04. The third kappa shape index (κ3) is 6.48. The Balaban J connectivity index is 2.52. The lowest BCUT2D eigenvalue weighted by molar-refractivity contribution is 0.593. The lowest BCUT2D eigenvalue weighted by Crippen LogP contribution is -2.41. The molecule has 0 saturated heterocycles. The molecule has 0 aliphatic heterocycles. The number of hydrogen-bond acceptors (Lipinski definition) is 3. The Kier molecular flexibility index (Phi) is 7.17. The Bertz CT molecular complexity index is 568. The van der Waals surface area contributed by atoms with Crippen LogP contribution in [0.5, 0.6) is 0 Å². The van der Waals surface area contributed by atoms with Crippen LogP contribution in [0, 0.1) is 5.92 Å². The molecule has 0 aliphatic carbocycles. The minimum absolute atomic E-state index is 0.0248. The number of nitrogens with zero attached hydrogens (tertiary/aromatic N) is 1. The molecule has 1 rings (SSSR count). The second-order valence-electron chi connectivity index (χ2n) is 5.05. The summed E-state index contributed by atoms with van der Waals surface area (Å²) in [6.45, 7) is 5.30. The van der Waals surface area contributed by atoms with Gasteiger partial charge < -0.3 is 10.6 Å². The Morgan fingerprint density at radius 1 is 1.24 bits per heavy atom. The van der Waals surface area contributed by atoms with E-state index in [-0.39, 0.29) is 5.75 Å². The van der Waals surface area contributed by atoms with Gasteiger partial charge in [-0.15, -0.1) is 0 Å². The molecular formula is C14H22BrN3O2S. The van der Waals surface area contributed by atoms with Gasteiger partial charge in [0.25, 0.3) is 0 Å². The van der Waals surface area contributed by atoms with E-state index < -0.39 is 9.84 Å². The molecule has 0 fully saturated rings. The monoisotopic (exact) mass is 375 g/mol. The number of guanidine groups is 1. The van der Waals surface area contributed by atoms with Crippen molar-refractivity contribution in [1.82, 2.24) is 10.6 Å². The largest absolute Gasteiger partial charge is 0.356 e. The fourth-order valence-corrected chi connectivity index (χ4v) is 3.01. The van der Waals surface area contributed by atoms with Crippen LogP contribution >= 0.6 is 15.9 Å². The first-order valence-electron chi connectivity index (χ1n) is 6.78. The van der Waals surface area contributed by atoms with Crippen molar-refractivity contribution < 1.29 is 8.42 Å². The Morgan fingerprint density at radius 3 is 2.38 bits per heavy atom. The zero-order valence-electron chi connectivity index (χ0n) is 12.6. The van der Waals surface area contributed by atoms with Crippen LogP contribution in [0.4, 0.5) is 0 Å². The summed E-state index contributed by atoms with van der Waals surface area (Å²) < 4.78 is 25.2. The maximum atomic E-state index is 12.2. The van der Waals surface area contributed by atoms with Crippen LogP contribution < -0.4 is 10.6 Å². The molecule has 7 heteroatoms. The first kappa shape index (κ1) is 18.0. The van der Waals surface area contributed by atoms with Crippen LogP contribution in [0.2, 0.25) is 0 Å². The van der Waals surface area contributed by atoms with Crippen LogP contribution in [0.3, 0.4) is 0 Å². The SMILES string of the molecule is CN=C(NCCS(=O)(=O)c1ccc(Br)cc1)NCC(C)C. The van der Waals surface area contributed by atoms with Crippen LogP contribution in [0.25, 0.3) is 0 Å². The van der Waals surface area contributed by atoms with E-state index in [1.807, 2.05) is 0 Å². The summed E-state index contributed by atoms with van der Waals surface area (Å²) in [5.74, 6) is 1.14. The molecule has 0 unspecified atom stereocenters. The maximum absolute atomic E-state index is 12.2. The van der Waals surface area contributed by atoms with Gasteiger partial charge >= 0.3 is 0 Å². The fourth-order valence-electron chi connectivity index (χ4n) is 1.58. The summed E-state index contributed by atoms with van der Waals surface area (Å²) in [5.41, 5.74) is 0. The summed E-state index contributed by atoms with van der Waals surface area (Å²) in [6, 6.07) is 6.66. The second-order valence-corrected chi connectivity index (χ2v) is 8.07. The summed E-state index contributed by atoms with van der Waals surface area (Å²) >= 11 is 3.29. The number of rotatable bonds is 6. The van der Waals surface area contributed by atoms with Crippen LogP contribution in [0.1, 0.15) is 13.8 Å². The van der Waals surface area contributed by atoms with Gasteiger partial charge in [-0.25, -0.2) is 8.42 Å². The Labute approximate surface area is 135 Å². The summed E-state index contributed by atoms with van der Waals surface area (Å²) in [7, 11) is -1.61. The van der Waals surface area contributed by atoms with Crippen molar-refractivity contribution >= 4 is 31.7 Å². The van der Waals surface area contributed by atoms with Crippen molar-refractivity contribution in [1.29, 1.82) is 0 Å². The standard InChI is InChI=1S/C14H22BrN3O2S/c1-11(2)10-18-14(16-3)17-8-9-21(19,20)13-6-4-12(15)5-7-13/h4-7,11H,8-10H2,1-3H3,(H2,16,17,18). The van der Waals surface area contributed by atoms with Gasteiger partial charge in [0.2, 0.25) is 0 Å². The van der Waals surface area contributed by atoms with E-state index in [1.165, 1.54) is 0 Å². The molecule has 0 amide bonds. The molecule has 0 atom stereocenters. The van der Waals surface area contributed by atoms with E-state index in [0.29, 0.717) is 23.3 Å². The summed E-state index contributed by atoms with van der Waals surface area (Å²) in [6.07, 6.45) is 0. The molecule has 0 spiro atoms. The number of halogens is 1. The normalized spacial score (nSPS) is 12.5. The van der Waals surface area contributed by atoms with Gasteiger partial charge in [-0.2, -0.15) is 0 Å². The molecule has 2 N–H and O–H groups in total. The van der Waals surface area contributed by atoms with E-state index in [1.54, 1.807) is 31.3 Å². The smallest absolute Gasteiger partial charge is 0.191 e. The first-order valence-corrected chi connectivity index (χ1v) is 9.22. The molecule has 21 heavy (non-hydrogen) atoms. The first-order chi connectivity index (χ1) is 9.85. The van der Waals surface area contributed by atoms with Crippen molar-refractivity contribution in [2.75, 3.05) is 25.9 Å². The van der Waals surface area contributed by atoms with E-state index in [9.17, 15) is 8.42 Å². The van der Waals surface area contributed by atoms with Crippen molar-refractivity contribution in [2.45, 2.75) is 18.7 Å². The number of sulfone groups is 1. The topological polar surface area (TPSA) is 70.6 Å². The average molecular weight is 376 g/mol.